The normalized spacial score (nSPS) is 19.9. The van der Waals surface area contributed by atoms with Crippen LogP contribution in [0.3, 0.4) is 0 Å². The number of rotatable bonds is 7. The fourth-order valence-corrected chi connectivity index (χ4v) is 5.84. The van der Waals surface area contributed by atoms with Gasteiger partial charge in [0.05, 0.1) is 17.9 Å². The topological polar surface area (TPSA) is 98.2 Å². The van der Waals surface area contributed by atoms with Gasteiger partial charge < -0.3 is 19.2 Å². The molecule has 1 aliphatic heterocycles. The average Bonchev–Trinajstić information content (AvgIpc) is 3.00. The Morgan fingerprint density at radius 1 is 1.36 bits per heavy atom. The molecule has 2 N–H and O–H groups in total. The summed E-state index contributed by atoms with van der Waals surface area (Å²) in [6.45, 7) is 5.24. The monoisotopic (exact) mass is 410 g/mol. The summed E-state index contributed by atoms with van der Waals surface area (Å²) in [6.07, 6.45) is 1.22. The Balaban J connectivity index is 2.09. The lowest BCUT2D eigenvalue weighted by Gasteiger charge is -2.26. The number of hydrogen-bond acceptors (Lipinski definition) is 6. The number of aromatic hydroxyl groups is 1. The number of hydrogen-bond donors (Lipinski definition) is 2. The molecule has 0 saturated carbocycles. The van der Waals surface area contributed by atoms with Crippen molar-refractivity contribution in [2.24, 2.45) is 0 Å². The molecular formula is C20H28NO6S+. The number of nitrogens with one attached hydrogen (secondary N) is 1. The summed E-state index contributed by atoms with van der Waals surface area (Å²) >= 11 is 0. The summed E-state index contributed by atoms with van der Waals surface area (Å²) in [5.41, 5.74) is 2.06. The second-order valence-electron chi connectivity index (χ2n) is 7.52. The van der Waals surface area contributed by atoms with Crippen LogP contribution in [0.1, 0.15) is 30.0 Å². The largest absolute Gasteiger partial charge is 0.507 e. The molecule has 1 fully saturated rings. The van der Waals surface area contributed by atoms with Crippen LogP contribution in [0.15, 0.2) is 21.3 Å². The fourth-order valence-electron chi connectivity index (χ4n) is 4.01. The van der Waals surface area contributed by atoms with Gasteiger partial charge in [-0.05, 0) is 30.5 Å². The molecule has 2 atom stereocenters. The third-order valence-corrected chi connectivity index (χ3v) is 7.38. The molecule has 0 amide bonds. The van der Waals surface area contributed by atoms with Crippen molar-refractivity contribution < 1.29 is 27.6 Å². The van der Waals surface area contributed by atoms with Gasteiger partial charge in [0.25, 0.3) is 0 Å². The molecule has 3 rings (SSSR count). The van der Waals surface area contributed by atoms with Gasteiger partial charge in [-0.15, -0.1) is 0 Å². The zero-order valence-electron chi connectivity index (χ0n) is 16.6. The number of methoxy groups -OCH3 is 1. The maximum Gasteiger partial charge on any atom is 0.336 e. The van der Waals surface area contributed by atoms with Gasteiger partial charge in [-0.3, -0.25) is 0 Å². The molecule has 1 aromatic carbocycles. The zero-order valence-corrected chi connectivity index (χ0v) is 17.4. The average molecular weight is 411 g/mol. The summed E-state index contributed by atoms with van der Waals surface area (Å²) in [4.78, 5) is 13.0. The zero-order chi connectivity index (χ0) is 20.5. The van der Waals surface area contributed by atoms with Gasteiger partial charge in [-0.2, -0.15) is 0 Å². The first kappa shape index (κ1) is 20.8. The van der Waals surface area contributed by atoms with Crippen LogP contribution in [-0.2, 0) is 27.5 Å². The van der Waals surface area contributed by atoms with Crippen molar-refractivity contribution in [2.45, 2.75) is 39.3 Å². The molecule has 1 aliphatic rings. The van der Waals surface area contributed by atoms with Crippen LogP contribution in [-0.4, -0.2) is 51.3 Å². The molecule has 1 aromatic heterocycles. The number of ether oxygens (including phenoxy) is 1. The molecule has 2 heterocycles. The lowest BCUT2D eigenvalue weighted by Crippen LogP contribution is -3.15. The number of benzene rings is 1. The van der Waals surface area contributed by atoms with Gasteiger partial charge >= 0.3 is 5.63 Å². The Bertz CT molecular complexity index is 1030. The summed E-state index contributed by atoms with van der Waals surface area (Å²) < 4.78 is 34.7. The molecule has 154 valence electrons. The molecule has 28 heavy (non-hydrogen) atoms. The van der Waals surface area contributed by atoms with Crippen molar-refractivity contribution in [3.63, 3.8) is 0 Å². The SMILES string of the molecule is CCc1cc2c(C)cc(=O)oc2c(C[NH+](CCOC)[C@H]2CCS(=O)(=O)C2)c1O. The van der Waals surface area contributed by atoms with E-state index in [0.29, 0.717) is 43.7 Å². The first-order valence-electron chi connectivity index (χ1n) is 9.57. The maximum atomic E-state index is 12.0. The minimum atomic E-state index is -3.03. The van der Waals surface area contributed by atoms with E-state index in [4.69, 9.17) is 9.15 Å². The summed E-state index contributed by atoms with van der Waals surface area (Å²) in [7, 11) is -1.43. The molecular weight excluding hydrogens is 382 g/mol. The standard InChI is InChI=1S/C20H27NO6S/c1-4-14-10-16-13(2)9-18(22)27-20(16)17(19(14)23)11-21(6-7-26-3)15-5-8-28(24,25)12-15/h9-10,15,23H,4-8,11-12H2,1-3H3/p+1/t15-/m0/s1. The maximum absolute atomic E-state index is 12.0. The molecule has 0 radical (unpaired) electrons. The van der Waals surface area contributed by atoms with E-state index in [9.17, 15) is 18.3 Å². The Morgan fingerprint density at radius 2 is 2.11 bits per heavy atom. The predicted molar refractivity (Wildman–Crippen MR) is 107 cm³/mol. The van der Waals surface area contributed by atoms with Gasteiger partial charge in [0.2, 0.25) is 0 Å². The van der Waals surface area contributed by atoms with Crippen LogP contribution < -0.4 is 10.5 Å². The molecule has 2 aromatic rings. The van der Waals surface area contributed by atoms with E-state index in [0.717, 1.165) is 21.4 Å². The highest BCUT2D eigenvalue weighted by Crippen LogP contribution is 2.32. The number of phenols is 1. The van der Waals surface area contributed by atoms with Crippen LogP contribution in [0.4, 0.5) is 0 Å². The minimum absolute atomic E-state index is 0.0728. The predicted octanol–water partition coefficient (Wildman–Crippen LogP) is 0.588. The third kappa shape index (κ3) is 4.24. The highest BCUT2D eigenvalue weighted by molar-refractivity contribution is 7.91. The van der Waals surface area contributed by atoms with Gasteiger partial charge in [0.15, 0.2) is 15.4 Å². The molecule has 0 aliphatic carbocycles. The van der Waals surface area contributed by atoms with Gasteiger partial charge in [0, 0.05) is 25.0 Å². The first-order chi connectivity index (χ1) is 13.3. The van der Waals surface area contributed by atoms with Crippen LogP contribution in [0.25, 0.3) is 11.0 Å². The van der Waals surface area contributed by atoms with Gasteiger partial charge in [-0.25, -0.2) is 13.2 Å². The van der Waals surface area contributed by atoms with Crippen LogP contribution >= 0.6 is 0 Å². The van der Waals surface area contributed by atoms with Crippen LogP contribution in [0.2, 0.25) is 0 Å². The van der Waals surface area contributed by atoms with Crippen molar-refractivity contribution in [3.05, 3.63) is 39.2 Å². The highest BCUT2D eigenvalue weighted by Gasteiger charge is 2.36. The molecule has 1 saturated heterocycles. The molecule has 0 spiro atoms. The fraction of sp³-hybridized carbons (Fsp3) is 0.550. The van der Waals surface area contributed by atoms with E-state index in [1.54, 1.807) is 7.11 Å². The van der Waals surface area contributed by atoms with Gasteiger partial charge in [0.1, 0.15) is 30.6 Å². The number of sulfone groups is 1. The second kappa shape index (κ2) is 8.23. The number of phenolic OH excluding ortho intramolecular Hbond substituents is 1. The number of aryl methyl sites for hydroxylation is 2. The first-order valence-corrected chi connectivity index (χ1v) is 11.4. The van der Waals surface area contributed by atoms with Crippen LogP contribution in [0.5, 0.6) is 5.75 Å². The Labute approximate surface area is 164 Å². The van der Waals surface area contributed by atoms with E-state index in [1.807, 2.05) is 19.9 Å². The quantitative estimate of drug-likeness (QED) is 0.649. The van der Waals surface area contributed by atoms with Crippen molar-refractivity contribution in [1.29, 1.82) is 0 Å². The second-order valence-corrected chi connectivity index (χ2v) is 9.75. The molecule has 8 heteroatoms. The molecule has 7 nitrogen and oxygen atoms in total. The highest BCUT2D eigenvalue weighted by atomic mass is 32.2. The van der Waals surface area contributed by atoms with E-state index < -0.39 is 15.5 Å². The molecule has 1 unspecified atom stereocenters. The van der Waals surface area contributed by atoms with Crippen molar-refractivity contribution in [2.75, 3.05) is 31.8 Å². The lowest BCUT2D eigenvalue weighted by molar-refractivity contribution is -0.936. The van der Waals surface area contributed by atoms with E-state index in [1.165, 1.54) is 6.07 Å². The Hall–Kier alpha value is -1.90. The van der Waals surface area contributed by atoms with Crippen LogP contribution in [0, 0.1) is 6.92 Å². The van der Waals surface area contributed by atoms with E-state index >= 15 is 0 Å². The summed E-state index contributed by atoms with van der Waals surface area (Å²) in [5, 5.41) is 11.7. The summed E-state index contributed by atoms with van der Waals surface area (Å²) in [5.74, 6) is 0.435. The Morgan fingerprint density at radius 3 is 2.71 bits per heavy atom. The van der Waals surface area contributed by atoms with Gasteiger partial charge in [-0.1, -0.05) is 6.92 Å². The van der Waals surface area contributed by atoms with E-state index in [-0.39, 0.29) is 23.3 Å². The van der Waals surface area contributed by atoms with E-state index in [2.05, 4.69) is 0 Å². The Kier molecular flexibility index (Phi) is 6.12. The number of quaternary nitrogens is 1. The number of fused-ring (bicyclic) bond motifs is 1. The van der Waals surface area contributed by atoms with Crippen molar-refractivity contribution in [3.8, 4) is 5.75 Å². The van der Waals surface area contributed by atoms with Crippen molar-refractivity contribution in [1.82, 2.24) is 0 Å². The smallest absolute Gasteiger partial charge is 0.336 e. The summed E-state index contributed by atoms with van der Waals surface area (Å²) in [6, 6.07) is 3.24. The third-order valence-electron chi connectivity index (χ3n) is 5.61. The lowest BCUT2D eigenvalue weighted by atomic mass is 9.99. The molecule has 0 bridgehead atoms. The minimum Gasteiger partial charge on any atom is -0.507 e. The van der Waals surface area contributed by atoms with Crippen molar-refractivity contribution >= 4 is 20.8 Å².